The lowest BCUT2D eigenvalue weighted by atomic mass is 10.1. The predicted octanol–water partition coefficient (Wildman–Crippen LogP) is 3.03. The summed E-state index contributed by atoms with van der Waals surface area (Å²) in [6, 6.07) is 11.8. The van der Waals surface area contributed by atoms with Gasteiger partial charge in [0.1, 0.15) is 5.82 Å². The maximum atomic E-state index is 12.9. The van der Waals surface area contributed by atoms with Crippen LogP contribution in [0.2, 0.25) is 0 Å². The zero-order chi connectivity index (χ0) is 18.5. The number of hydrogen-bond donors (Lipinski definition) is 4. The van der Waals surface area contributed by atoms with E-state index in [0.29, 0.717) is 16.9 Å². The van der Waals surface area contributed by atoms with Crippen LogP contribution in [0.4, 0.5) is 20.6 Å². The Hall–Kier alpha value is -2.93. The molecular weight excluding hydrogens is 337 g/mol. The minimum absolute atomic E-state index is 0.00554. The quantitative estimate of drug-likeness (QED) is 0.640. The van der Waals surface area contributed by atoms with Crippen LogP contribution in [0.15, 0.2) is 48.5 Å². The van der Waals surface area contributed by atoms with E-state index in [-0.39, 0.29) is 24.2 Å². The van der Waals surface area contributed by atoms with Crippen molar-refractivity contribution in [1.82, 2.24) is 5.32 Å². The van der Waals surface area contributed by atoms with Gasteiger partial charge in [-0.2, -0.15) is 0 Å². The van der Waals surface area contributed by atoms with E-state index in [1.165, 1.54) is 24.3 Å². The Morgan fingerprint density at radius 1 is 1.08 bits per heavy atom. The lowest BCUT2D eigenvalue weighted by molar-refractivity contribution is -0.117. The second-order valence-corrected chi connectivity index (χ2v) is 6.25. The number of aliphatic hydroxyl groups is 1. The van der Waals surface area contributed by atoms with E-state index >= 15 is 0 Å². The predicted molar refractivity (Wildman–Crippen MR) is 96.2 cm³/mol. The number of benzene rings is 2. The Bertz CT molecular complexity index is 791. The molecule has 0 radical (unpaired) electrons. The monoisotopic (exact) mass is 357 g/mol. The molecule has 1 aliphatic rings. The van der Waals surface area contributed by atoms with Crippen molar-refractivity contribution >= 4 is 23.3 Å². The van der Waals surface area contributed by atoms with Crippen LogP contribution in [0, 0.1) is 11.7 Å². The highest BCUT2D eigenvalue weighted by Gasteiger charge is 2.29. The molecule has 0 spiro atoms. The van der Waals surface area contributed by atoms with Crippen LogP contribution in [-0.2, 0) is 4.79 Å². The number of rotatable bonds is 6. The molecule has 6 nitrogen and oxygen atoms in total. The van der Waals surface area contributed by atoms with Crippen molar-refractivity contribution in [3.63, 3.8) is 0 Å². The van der Waals surface area contributed by atoms with Crippen molar-refractivity contribution in [2.45, 2.75) is 18.9 Å². The smallest absolute Gasteiger partial charge is 0.319 e. The summed E-state index contributed by atoms with van der Waals surface area (Å²) in [6.45, 7) is -0.0183. The van der Waals surface area contributed by atoms with Crippen LogP contribution in [0.5, 0.6) is 0 Å². The molecule has 2 aromatic carbocycles. The highest BCUT2D eigenvalue weighted by atomic mass is 19.1. The van der Waals surface area contributed by atoms with E-state index in [9.17, 15) is 19.1 Å². The van der Waals surface area contributed by atoms with Gasteiger partial charge in [0.05, 0.1) is 6.10 Å². The van der Waals surface area contributed by atoms with E-state index in [0.717, 1.165) is 12.8 Å². The largest absolute Gasteiger partial charge is 0.387 e. The van der Waals surface area contributed by atoms with Crippen molar-refractivity contribution in [3.05, 3.63) is 59.9 Å². The standard InChI is InChI=1S/C19H20FN3O3/c20-14-8-6-12(7-9-14)17(24)11-21-19(26)23-16-3-1-2-15(10-16)22-18(25)13-4-5-13/h1-3,6-10,13,17,24H,4-5,11H2,(H,22,25)(H2,21,23,26). The summed E-state index contributed by atoms with van der Waals surface area (Å²) < 4.78 is 12.9. The van der Waals surface area contributed by atoms with Gasteiger partial charge in [0.15, 0.2) is 0 Å². The molecule has 7 heteroatoms. The Kier molecular flexibility index (Phi) is 5.48. The van der Waals surface area contributed by atoms with Gasteiger partial charge in [-0.05, 0) is 48.7 Å². The molecule has 3 amide bonds. The third-order valence-corrected chi connectivity index (χ3v) is 4.05. The van der Waals surface area contributed by atoms with Crippen molar-refractivity contribution < 1.29 is 19.1 Å². The van der Waals surface area contributed by atoms with Gasteiger partial charge in [-0.25, -0.2) is 9.18 Å². The molecule has 0 aliphatic heterocycles. The number of urea groups is 1. The Balaban J connectivity index is 1.49. The normalized spacial score (nSPS) is 14.4. The maximum absolute atomic E-state index is 12.9. The molecule has 26 heavy (non-hydrogen) atoms. The first-order valence-electron chi connectivity index (χ1n) is 8.40. The van der Waals surface area contributed by atoms with E-state index < -0.39 is 12.1 Å². The van der Waals surface area contributed by atoms with Crippen LogP contribution in [-0.4, -0.2) is 23.6 Å². The van der Waals surface area contributed by atoms with Gasteiger partial charge in [-0.3, -0.25) is 4.79 Å². The summed E-state index contributed by atoms with van der Waals surface area (Å²) in [5, 5.41) is 18.0. The van der Waals surface area contributed by atoms with Crippen LogP contribution in [0.3, 0.4) is 0 Å². The number of halogens is 1. The number of aliphatic hydroxyl groups excluding tert-OH is 1. The SMILES string of the molecule is O=C(NCC(O)c1ccc(F)cc1)Nc1cccc(NC(=O)C2CC2)c1. The molecule has 136 valence electrons. The van der Waals surface area contributed by atoms with Gasteiger partial charge < -0.3 is 21.1 Å². The number of nitrogens with one attached hydrogen (secondary N) is 3. The summed E-state index contributed by atoms with van der Waals surface area (Å²) in [4.78, 5) is 23.8. The first kappa shape index (κ1) is 17.9. The van der Waals surface area contributed by atoms with Crippen LogP contribution in [0.25, 0.3) is 0 Å². The Labute approximate surface area is 150 Å². The van der Waals surface area contributed by atoms with Crippen molar-refractivity contribution in [2.24, 2.45) is 5.92 Å². The van der Waals surface area contributed by atoms with E-state index in [4.69, 9.17) is 0 Å². The summed E-state index contributed by atoms with van der Waals surface area (Å²) in [7, 11) is 0. The highest BCUT2D eigenvalue weighted by Crippen LogP contribution is 2.30. The fourth-order valence-corrected chi connectivity index (χ4v) is 2.43. The van der Waals surface area contributed by atoms with Gasteiger partial charge in [0, 0.05) is 23.8 Å². The average Bonchev–Trinajstić information content (AvgIpc) is 3.46. The zero-order valence-electron chi connectivity index (χ0n) is 14.0. The minimum Gasteiger partial charge on any atom is -0.387 e. The van der Waals surface area contributed by atoms with E-state index in [1.54, 1.807) is 24.3 Å². The molecule has 0 saturated heterocycles. The first-order chi connectivity index (χ1) is 12.5. The molecule has 1 fully saturated rings. The van der Waals surface area contributed by atoms with Gasteiger partial charge in [-0.1, -0.05) is 18.2 Å². The van der Waals surface area contributed by atoms with Crippen LogP contribution in [0.1, 0.15) is 24.5 Å². The van der Waals surface area contributed by atoms with E-state index in [1.807, 2.05) is 0 Å². The summed E-state index contributed by atoms with van der Waals surface area (Å²) >= 11 is 0. The third kappa shape index (κ3) is 5.03. The minimum atomic E-state index is -0.939. The maximum Gasteiger partial charge on any atom is 0.319 e. The van der Waals surface area contributed by atoms with Crippen molar-refractivity contribution in [3.8, 4) is 0 Å². The molecular formula is C19H20FN3O3. The van der Waals surface area contributed by atoms with Gasteiger partial charge >= 0.3 is 6.03 Å². The van der Waals surface area contributed by atoms with Gasteiger partial charge in [-0.15, -0.1) is 0 Å². The number of amides is 3. The molecule has 4 N–H and O–H groups in total. The fourth-order valence-electron chi connectivity index (χ4n) is 2.43. The summed E-state index contributed by atoms with van der Waals surface area (Å²) in [5.41, 5.74) is 1.65. The molecule has 0 aromatic heterocycles. The third-order valence-electron chi connectivity index (χ3n) is 4.05. The summed E-state index contributed by atoms with van der Waals surface area (Å²) in [5.74, 6) is -0.294. The van der Waals surface area contributed by atoms with Gasteiger partial charge in [0.25, 0.3) is 0 Å². The number of hydrogen-bond acceptors (Lipinski definition) is 3. The second kappa shape index (κ2) is 7.97. The second-order valence-electron chi connectivity index (χ2n) is 6.25. The average molecular weight is 357 g/mol. The lowest BCUT2D eigenvalue weighted by Crippen LogP contribution is -2.32. The number of anilines is 2. The molecule has 2 aromatic rings. The molecule has 1 unspecified atom stereocenters. The number of carbonyl (C=O) groups excluding carboxylic acids is 2. The molecule has 1 atom stereocenters. The molecule has 3 rings (SSSR count). The Morgan fingerprint density at radius 3 is 2.38 bits per heavy atom. The molecule has 0 bridgehead atoms. The highest BCUT2D eigenvalue weighted by molar-refractivity contribution is 5.95. The fraction of sp³-hybridized carbons (Fsp3) is 0.263. The van der Waals surface area contributed by atoms with Crippen molar-refractivity contribution in [1.29, 1.82) is 0 Å². The van der Waals surface area contributed by atoms with E-state index in [2.05, 4.69) is 16.0 Å². The first-order valence-corrected chi connectivity index (χ1v) is 8.40. The molecule has 1 aliphatic carbocycles. The zero-order valence-corrected chi connectivity index (χ0v) is 14.0. The topological polar surface area (TPSA) is 90.5 Å². The van der Waals surface area contributed by atoms with Crippen molar-refractivity contribution in [2.75, 3.05) is 17.2 Å². The molecule has 1 saturated carbocycles. The summed E-state index contributed by atoms with van der Waals surface area (Å²) in [6.07, 6.45) is 0.899. The Morgan fingerprint density at radius 2 is 1.73 bits per heavy atom. The molecule has 0 heterocycles. The van der Waals surface area contributed by atoms with Gasteiger partial charge in [0.2, 0.25) is 5.91 Å². The van der Waals surface area contributed by atoms with Crippen LogP contribution >= 0.6 is 0 Å². The lowest BCUT2D eigenvalue weighted by Gasteiger charge is -2.13. The number of carbonyl (C=O) groups is 2. The van der Waals surface area contributed by atoms with Crippen LogP contribution < -0.4 is 16.0 Å².